The van der Waals surface area contributed by atoms with Crippen LogP contribution in [-0.2, 0) is 6.42 Å². The Bertz CT molecular complexity index is 410. The van der Waals surface area contributed by atoms with Crippen LogP contribution in [0.5, 0.6) is 0 Å². The van der Waals surface area contributed by atoms with Gasteiger partial charge in [-0.25, -0.2) is 0 Å². The largest absolute Gasteiger partial charge is 0.493 e. The Morgan fingerprint density at radius 1 is 1.29 bits per heavy atom. The molecular formula is C11H11F3N2O. The molecule has 0 fully saturated rings. The summed E-state index contributed by atoms with van der Waals surface area (Å²) in [6, 6.07) is 8.79. The molecule has 17 heavy (non-hydrogen) atoms. The smallest absolute Gasteiger partial charge is 0.381 e. The van der Waals surface area contributed by atoms with Crippen molar-refractivity contribution in [2.45, 2.75) is 25.1 Å². The zero-order valence-electron chi connectivity index (χ0n) is 8.85. The Hall–Kier alpha value is -1.65. The molecule has 1 N–H and O–H groups in total. The monoisotopic (exact) mass is 244 g/mol. The topological polar surface area (TPSA) is 56.6 Å². The molecule has 3 nitrogen and oxygen atoms in total. The number of aryl methyl sites for hydroxylation is 1. The number of aliphatic hydroxyl groups is 1. The van der Waals surface area contributed by atoms with Gasteiger partial charge in [-0.3, -0.25) is 0 Å². The van der Waals surface area contributed by atoms with Crippen molar-refractivity contribution >= 4 is 5.71 Å². The minimum absolute atomic E-state index is 0.150. The lowest BCUT2D eigenvalue weighted by Crippen LogP contribution is -2.35. The second-order valence-electron chi connectivity index (χ2n) is 3.52. The van der Waals surface area contributed by atoms with Gasteiger partial charge in [0.05, 0.1) is 0 Å². The Morgan fingerprint density at radius 3 is 2.35 bits per heavy atom. The number of halogens is 3. The summed E-state index contributed by atoms with van der Waals surface area (Å²) in [4.78, 5) is 2.11. The summed E-state index contributed by atoms with van der Waals surface area (Å²) in [7, 11) is 0. The first-order chi connectivity index (χ1) is 7.95. The summed E-state index contributed by atoms with van der Waals surface area (Å²) < 4.78 is 36.7. The molecule has 0 aliphatic heterocycles. The van der Waals surface area contributed by atoms with Gasteiger partial charge in [0.1, 0.15) is 0 Å². The lowest BCUT2D eigenvalue weighted by molar-refractivity contribution is -0.126. The fraction of sp³-hybridized carbons (Fsp3) is 0.364. The first kappa shape index (κ1) is 13.4. The van der Waals surface area contributed by atoms with Crippen molar-refractivity contribution in [1.82, 2.24) is 0 Å². The van der Waals surface area contributed by atoms with Crippen molar-refractivity contribution in [1.29, 1.82) is 0 Å². The normalized spacial score (nSPS) is 12.9. The number of benzene rings is 1. The maximum absolute atomic E-state index is 12.2. The number of hydrogen-bond acceptors (Lipinski definition) is 1. The van der Waals surface area contributed by atoms with E-state index in [0.29, 0.717) is 0 Å². The molecule has 0 aliphatic carbocycles. The molecule has 0 spiro atoms. The van der Waals surface area contributed by atoms with E-state index in [9.17, 15) is 18.3 Å². The second kappa shape index (κ2) is 5.61. The molecule has 0 saturated carbocycles. The van der Waals surface area contributed by atoms with E-state index in [1.807, 2.05) is 0 Å². The fourth-order valence-corrected chi connectivity index (χ4v) is 1.40. The number of rotatable bonds is 4. The van der Waals surface area contributed by atoms with Gasteiger partial charge in [-0.15, -0.1) is 0 Å². The van der Waals surface area contributed by atoms with Crippen molar-refractivity contribution in [3.63, 3.8) is 0 Å². The highest BCUT2D eigenvalue weighted by atomic mass is 19.4. The lowest BCUT2D eigenvalue weighted by atomic mass is 10.0. The second-order valence-corrected chi connectivity index (χ2v) is 3.52. The Morgan fingerprint density at radius 2 is 1.88 bits per heavy atom. The van der Waals surface area contributed by atoms with E-state index in [0.717, 1.165) is 5.56 Å². The molecule has 0 radical (unpaired) electrons. The van der Waals surface area contributed by atoms with E-state index < -0.39 is 18.0 Å². The standard InChI is InChI=1S/C11H11F3N2O/c12-11(13,14)10(16-15)9(17)7-6-8-4-2-1-3-5-8/h1-5,9,17H,6-7H2. The van der Waals surface area contributed by atoms with E-state index in [-0.39, 0.29) is 12.8 Å². The molecule has 1 rings (SSSR count). The molecule has 6 heteroatoms. The van der Waals surface area contributed by atoms with E-state index in [1.54, 1.807) is 30.3 Å². The molecule has 1 atom stereocenters. The van der Waals surface area contributed by atoms with Crippen LogP contribution < -0.4 is 0 Å². The molecule has 1 aromatic carbocycles. The summed E-state index contributed by atoms with van der Waals surface area (Å²) in [6.45, 7) is 0. The fourth-order valence-electron chi connectivity index (χ4n) is 1.40. The van der Waals surface area contributed by atoms with Gasteiger partial charge in [0.15, 0.2) is 6.10 Å². The third-order valence-corrected chi connectivity index (χ3v) is 2.26. The zero-order chi connectivity index (χ0) is 12.9. The molecule has 0 aliphatic rings. The first-order valence-electron chi connectivity index (χ1n) is 4.96. The third kappa shape index (κ3) is 4.01. The van der Waals surface area contributed by atoms with Crippen LogP contribution in [-0.4, -0.2) is 27.9 Å². The average Bonchev–Trinajstić information content (AvgIpc) is 2.27. The van der Waals surface area contributed by atoms with Gasteiger partial charge in [-0.05, 0) is 18.4 Å². The van der Waals surface area contributed by atoms with Gasteiger partial charge >= 0.3 is 11.9 Å². The van der Waals surface area contributed by atoms with Gasteiger partial charge < -0.3 is 10.6 Å². The highest BCUT2D eigenvalue weighted by molar-refractivity contribution is 5.88. The van der Waals surface area contributed by atoms with Crippen LogP contribution >= 0.6 is 0 Å². The third-order valence-electron chi connectivity index (χ3n) is 2.26. The van der Waals surface area contributed by atoms with Crippen molar-refractivity contribution in [2.24, 2.45) is 0 Å². The summed E-state index contributed by atoms with van der Waals surface area (Å²) in [6.07, 6.45) is -6.51. The summed E-state index contributed by atoms with van der Waals surface area (Å²) in [5.74, 6) is 0. The highest BCUT2D eigenvalue weighted by Crippen LogP contribution is 2.20. The van der Waals surface area contributed by atoms with Gasteiger partial charge in [0, 0.05) is 0 Å². The van der Waals surface area contributed by atoms with E-state index in [1.165, 1.54) is 0 Å². The molecule has 92 valence electrons. The van der Waals surface area contributed by atoms with Crippen LogP contribution in [0.15, 0.2) is 30.3 Å². The summed E-state index contributed by atoms with van der Waals surface area (Å²) in [5, 5.41) is 9.30. The van der Waals surface area contributed by atoms with Crippen LogP contribution in [0.1, 0.15) is 12.0 Å². The molecule has 0 saturated heterocycles. The SMILES string of the molecule is [N-]=[N+]=C(C(O)CCc1ccccc1)C(F)(F)F. The van der Waals surface area contributed by atoms with E-state index >= 15 is 0 Å². The van der Waals surface area contributed by atoms with Gasteiger partial charge in [0.2, 0.25) is 0 Å². The first-order valence-corrected chi connectivity index (χ1v) is 4.96. The number of hydrogen-bond donors (Lipinski definition) is 1. The molecular weight excluding hydrogens is 233 g/mol. The van der Waals surface area contributed by atoms with E-state index in [4.69, 9.17) is 5.53 Å². The van der Waals surface area contributed by atoms with Crippen LogP contribution in [0.25, 0.3) is 5.53 Å². The van der Waals surface area contributed by atoms with Crippen LogP contribution in [0, 0.1) is 0 Å². The number of aliphatic hydroxyl groups excluding tert-OH is 1. The van der Waals surface area contributed by atoms with Crippen LogP contribution in [0.4, 0.5) is 13.2 Å². The lowest BCUT2D eigenvalue weighted by Gasteiger charge is -2.08. The summed E-state index contributed by atoms with van der Waals surface area (Å²) in [5.41, 5.74) is 7.49. The van der Waals surface area contributed by atoms with Gasteiger partial charge in [-0.2, -0.15) is 18.0 Å². The van der Waals surface area contributed by atoms with Crippen molar-refractivity contribution in [2.75, 3.05) is 0 Å². The Balaban J connectivity index is 2.61. The molecule has 0 amide bonds. The maximum Gasteiger partial charge on any atom is 0.493 e. The Kier molecular flexibility index (Phi) is 4.43. The van der Waals surface area contributed by atoms with Crippen molar-refractivity contribution in [3.05, 3.63) is 41.4 Å². The van der Waals surface area contributed by atoms with Crippen molar-refractivity contribution < 1.29 is 23.1 Å². The minimum Gasteiger partial charge on any atom is -0.381 e. The molecule has 0 aromatic heterocycles. The number of nitrogens with zero attached hydrogens (tertiary/aromatic N) is 2. The molecule has 0 heterocycles. The van der Waals surface area contributed by atoms with Crippen molar-refractivity contribution in [3.8, 4) is 0 Å². The van der Waals surface area contributed by atoms with Gasteiger partial charge in [0.25, 0.3) is 0 Å². The number of alkyl halides is 3. The molecule has 1 aromatic rings. The predicted octanol–water partition coefficient (Wildman–Crippen LogP) is 2.21. The average molecular weight is 244 g/mol. The minimum atomic E-state index is -4.81. The quantitative estimate of drug-likeness (QED) is 0.492. The van der Waals surface area contributed by atoms with Crippen LogP contribution in [0.3, 0.4) is 0 Å². The maximum atomic E-state index is 12.2. The summed E-state index contributed by atoms with van der Waals surface area (Å²) >= 11 is 0. The Labute approximate surface area is 96.1 Å². The zero-order valence-corrected chi connectivity index (χ0v) is 8.85. The highest BCUT2D eigenvalue weighted by Gasteiger charge is 2.48. The molecule has 0 bridgehead atoms. The van der Waals surface area contributed by atoms with Crippen LogP contribution in [0.2, 0.25) is 0 Å². The van der Waals surface area contributed by atoms with E-state index in [2.05, 4.69) is 4.79 Å². The molecule has 1 unspecified atom stereocenters. The predicted molar refractivity (Wildman–Crippen MR) is 55.5 cm³/mol. The van der Waals surface area contributed by atoms with Gasteiger partial charge in [-0.1, -0.05) is 30.3 Å².